The molecule has 1 heterocycles. The minimum absolute atomic E-state index is 0. The summed E-state index contributed by atoms with van der Waals surface area (Å²) in [5.41, 5.74) is 5.51. The number of rotatable bonds is 2. The van der Waals surface area contributed by atoms with Crippen molar-refractivity contribution in [1.29, 1.82) is 0 Å². The first-order valence-corrected chi connectivity index (χ1v) is 6.27. The van der Waals surface area contributed by atoms with E-state index in [1.54, 1.807) is 25.2 Å². The van der Waals surface area contributed by atoms with E-state index in [1.807, 2.05) is 6.07 Å². The van der Waals surface area contributed by atoms with Crippen LogP contribution >= 0.6 is 7.60 Å². The molecule has 1 aliphatic heterocycles. The van der Waals surface area contributed by atoms with Crippen LogP contribution in [0, 0.1) is 0 Å². The zero-order valence-corrected chi connectivity index (χ0v) is 10.4. The Bertz CT molecular complexity index is 489. The van der Waals surface area contributed by atoms with Crippen LogP contribution in [0.1, 0.15) is 5.56 Å². The van der Waals surface area contributed by atoms with Crippen molar-refractivity contribution in [2.75, 3.05) is 14.2 Å². The molecular weight excluding hydrogens is 243 g/mol. The molecule has 7 heteroatoms. The molecule has 1 unspecified atom stereocenters. The molecule has 93 valence electrons. The van der Waals surface area contributed by atoms with E-state index in [4.69, 9.17) is 0 Å². The quantitative estimate of drug-likeness (QED) is 0.802. The summed E-state index contributed by atoms with van der Waals surface area (Å²) >= 11 is 0. The van der Waals surface area contributed by atoms with Gasteiger partial charge in [0.2, 0.25) is 0 Å². The third kappa shape index (κ3) is 2.50. The number of nitrogens with zero attached hydrogens (tertiary/aromatic N) is 2. The Hall–Kier alpha value is -1.33. The first-order chi connectivity index (χ1) is 7.54. The minimum atomic E-state index is -3.76. The van der Waals surface area contributed by atoms with Crippen molar-refractivity contribution in [3.63, 3.8) is 0 Å². The van der Waals surface area contributed by atoms with Crippen molar-refractivity contribution in [2.24, 2.45) is 0 Å². The summed E-state index contributed by atoms with van der Waals surface area (Å²) < 4.78 is 16.5. The summed E-state index contributed by atoms with van der Waals surface area (Å²) in [6, 6.07) is 7.16. The lowest BCUT2D eigenvalue weighted by Crippen LogP contribution is -2.22. The van der Waals surface area contributed by atoms with Crippen LogP contribution in [0.3, 0.4) is 0 Å². The van der Waals surface area contributed by atoms with Gasteiger partial charge in [0.15, 0.2) is 0 Å². The second-order valence-corrected chi connectivity index (χ2v) is 5.30. The molecule has 1 aromatic rings. The Labute approximate surface area is 99.3 Å². The first-order valence-electron chi connectivity index (χ1n) is 4.69. The Morgan fingerprint density at radius 1 is 1.41 bits per heavy atom. The van der Waals surface area contributed by atoms with Crippen LogP contribution in [0.5, 0.6) is 0 Å². The maximum atomic E-state index is 11.8. The number of hydrogen-bond donors (Lipinski definition) is 1. The largest absolute Gasteiger partial charge is 0.412 e. The van der Waals surface area contributed by atoms with Crippen LogP contribution in [-0.4, -0.2) is 29.5 Å². The Morgan fingerprint density at radius 2 is 2.06 bits per heavy atom. The molecule has 0 saturated heterocycles. The van der Waals surface area contributed by atoms with Crippen LogP contribution < -0.4 is 5.43 Å². The van der Waals surface area contributed by atoms with Gasteiger partial charge in [-0.3, -0.25) is 9.57 Å². The highest BCUT2D eigenvalue weighted by Gasteiger charge is 2.31. The van der Waals surface area contributed by atoms with Crippen molar-refractivity contribution in [1.82, 2.24) is 10.4 Å². The van der Waals surface area contributed by atoms with Gasteiger partial charge in [-0.2, -0.15) is 5.43 Å². The number of benzene rings is 1. The average Bonchev–Trinajstić information content (AvgIpc) is 2.28. The van der Waals surface area contributed by atoms with E-state index in [0.29, 0.717) is 11.3 Å². The highest BCUT2D eigenvalue weighted by Crippen LogP contribution is 2.57. The van der Waals surface area contributed by atoms with Gasteiger partial charge in [0.05, 0.1) is 11.0 Å². The molecule has 0 fully saturated rings. The maximum Gasteiger partial charge on any atom is 0.360 e. The van der Waals surface area contributed by atoms with E-state index in [0.717, 1.165) is 0 Å². The van der Waals surface area contributed by atoms with Crippen molar-refractivity contribution in [3.8, 4) is 0 Å². The minimum Gasteiger partial charge on any atom is -0.412 e. The van der Waals surface area contributed by atoms with E-state index in [9.17, 15) is 9.46 Å². The van der Waals surface area contributed by atoms with Crippen molar-refractivity contribution >= 4 is 18.6 Å². The lowest BCUT2D eigenvalue weighted by Gasteiger charge is -2.25. The molecule has 1 aromatic carbocycles. The monoisotopic (exact) mass is 257 g/mol. The van der Waals surface area contributed by atoms with Gasteiger partial charge in [0.25, 0.3) is 0 Å². The topological polar surface area (TPSA) is 95.4 Å². The fraction of sp³-hybridized carbons (Fsp3) is 0.200. The summed E-state index contributed by atoms with van der Waals surface area (Å²) in [7, 11) is -0.841. The van der Waals surface area contributed by atoms with Gasteiger partial charge in [-0.15, -0.1) is 0 Å². The summed E-state index contributed by atoms with van der Waals surface area (Å²) in [5, 5.41) is 1.77. The van der Waals surface area contributed by atoms with Crippen molar-refractivity contribution in [2.45, 2.75) is 0 Å². The Morgan fingerprint density at radius 3 is 2.71 bits per heavy atom. The fourth-order valence-corrected chi connectivity index (χ4v) is 2.55. The predicted molar refractivity (Wildman–Crippen MR) is 64.4 cm³/mol. The molecule has 0 aromatic heterocycles. The zero-order valence-electron chi connectivity index (χ0n) is 9.49. The normalized spacial score (nSPS) is 17.1. The molecule has 0 saturated carbocycles. The van der Waals surface area contributed by atoms with Gasteiger partial charge in [-0.1, -0.05) is 18.2 Å². The molecule has 3 N–H and O–H groups in total. The van der Waals surface area contributed by atoms with Crippen LogP contribution in [0.25, 0.3) is 5.31 Å². The lowest BCUT2D eigenvalue weighted by molar-refractivity contribution is 0.325. The molecule has 0 spiro atoms. The van der Waals surface area contributed by atoms with Crippen LogP contribution in [-0.2, 0) is 9.09 Å². The highest BCUT2D eigenvalue weighted by atomic mass is 31.2. The molecule has 0 amide bonds. The molecule has 2 rings (SSSR count). The van der Waals surface area contributed by atoms with E-state index in [-0.39, 0.29) is 10.8 Å². The van der Waals surface area contributed by atoms with Gasteiger partial charge < -0.3 is 14.9 Å². The molecule has 1 aliphatic rings. The molecular formula is C10H14N2O4P. The second-order valence-electron chi connectivity index (χ2n) is 3.41. The molecule has 1 radical (unpaired) electrons. The van der Waals surface area contributed by atoms with E-state index in [1.165, 1.54) is 18.3 Å². The summed E-state index contributed by atoms with van der Waals surface area (Å²) in [6.07, 6.45) is 1.51. The SMILES string of the molecule is COP(=O)(O)C1=CN(C)[N]c2ccccc21.O. The molecule has 17 heavy (non-hydrogen) atoms. The third-order valence-electron chi connectivity index (χ3n) is 2.31. The van der Waals surface area contributed by atoms with Crippen LogP contribution in [0.15, 0.2) is 30.5 Å². The zero-order chi connectivity index (χ0) is 11.8. The van der Waals surface area contributed by atoms with Gasteiger partial charge in [0.1, 0.15) is 0 Å². The number of fused-ring (bicyclic) bond motifs is 1. The van der Waals surface area contributed by atoms with Gasteiger partial charge >= 0.3 is 7.60 Å². The molecule has 1 atom stereocenters. The van der Waals surface area contributed by atoms with Crippen molar-refractivity contribution in [3.05, 3.63) is 36.0 Å². The van der Waals surface area contributed by atoms with Gasteiger partial charge in [-0.05, 0) is 6.07 Å². The third-order valence-corrected chi connectivity index (χ3v) is 3.77. The molecule has 0 aliphatic carbocycles. The molecule has 0 bridgehead atoms. The van der Waals surface area contributed by atoms with Gasteiger partial charge in [0, 0.05) is 25.9 Å². The smallest absolute Gasteiger partial charge is 0.360 e. The van der Waals surface area contributed by atoms with Crippen LogP contribution in [0.4, 0.5) is 5.69 Å². The molecule has 6 nitrogen and oxygen atoms in total. The average molecular weight is 257 g/mol. The van der Waals surface area contributed by atoms with E-state index < -0.39 is 7.60 Å². The van der Waals surface area contributed by atoms with E-state index in [2.05, 4.69) is 9.95 Å². The predicted octanol–water partition coefficient (Wildman–Crippen LogP) is 1.09. The number of hydrogen-bond acceptors (Lipinski definition) is 3. The summed E-state index contributed by atoms with van der Waals surface area (Å²) in [4.78, 5) is 9.71. The van der Waals surface area contributed by atoms with Crippen molar-refractivity contribution < 1.29 is 19.5 Å². The maximum absolute atomic E-state index is 11.8. The standard InChI is InChI=1S/C10H12N2O3P.H2O/c1-12-7-10(16(13,14)15-2)8-5-3-4-6-9(8)11-12;/h3-7H,1-2H3,(H,13,14);1H2. The summed E-state index contributed by atoms with van der Waals surface area (Å²) in [6.45, 7) is 0. The summed E-state index contributed by atoms with van der Waals surface area (Å²) in [5.74, 6) is 0. The lowest BCUT2D eigenvalue weighted by atomic mass is 10.1. The first kappa shape index (κ1) is 13.7. The Balaban J connectivity index is 0.00000144. The van der Waals surface area contributed by atoms with Crippen LogP contribution in [0.2, 0.25) is 0 Å². The Kier molecular flexibility index (Phi) is 3.95. The highest BCUT2D eigenvalue weighted by molar-refractivity contribution is 7.64. The van der Waals surface area contributed by atoms with E-state index >= 15 is 0 Å². The fourth-order valence-electron chi connectivity index (χ4n) is 1.55. The van der Waals surface area contributed by atoms with Gasteiger partial charge in [-0.25, -0.2) is 0 Å². The second kappa shape index (κ2) is 4.89.